The van der Waals surface area contributed by atoms with Gasteiger partial charge in [-0.15, -0.1) is 24.8 Å². The molecule has 0 radical (unpaired) electrons. The third kappa shape index (κ3) is 12.8. The lowest BCUT2D eigenvalue weighted by molar-refractivity contribution is 1.14. The zero-order valence-electron chi connectivity index (χ0n) is 6.69. The summed E-state index contributed by atoms with van der Waals surface area (Å²) in [4.78, 5) is 3.90. The second kappa shape index (κ2) is 12.4. The van der Waals surface area contributed by atoms with Gasteiger partial charge in [0.15, 0.2) is 0 Å². The number of allylic oxidation sites excluding steroid dienone is 2. The maximum absolute atomic E-state index is 5.56. The van der Waals surface area contributed by atoms with E-state index in [0.717, 1.165) is 0 Å². The lowest BCUT2D eigenvalue weighted by Gasteiger charge is -1.83. The van der Waals surface area contributed by atoms with Crippen molar-refractivity contribution in [1.82, 2.24) is 0 Å². The van der Waals surface area contributed by atoms with Gasteiger partial charge in [0.25, 0.3) is 0 Å². The number of rotatable bonds is 3. The Hall–Kier alpha value is -0.270. The van der Waals surface area contributed by atoms with Crippen LogP contribution in [-0.4, -0.2) is 17.6 Å². The van der Waals surface area contributed by atoms with Crippen LogP contribution in [-0.2, 0) is 0 Å². The van der Waals surface area contributed by atoms with Crippen LogP contribution in [0.2, 0.25) is 0 Å². The van der Waals surface area contributed by atoms with Crippen molar-refractivity contribution in [3.63, 3.8) is 0 Å². The number of nitrogens with zero attached hydrogens (tertiary/aromatic N) is 1. The number of hydrogen-bond donors (Lipinski definition) is 0. The first-order valence-corrected chi connectivity index (χ1v) is 4.15. The molecule has 1 nitrogen and oxygen atoms in total. The smallest absolute Gasteiger partial charge is 0.123 e. The normalized spacial score (nSPS) is 11.0. The molecule has 0 aliphatic rings. The highest BCUT2D eigenvalue weighted by atomic mass is 35.5. The van der Waals surface area contributed by atoms with E-state index in [9.17, 15) is 0 Å². The number of halogens is 2. The van der Waals surface area contributed by atoms with Crippen LogP contribution in [0, 0.1) is 0 Å². The van der Waals surface area contributed by atoms with Gasteiger partial charge in [0.05, 0.1) is 0 Å². The maximum atomic E-state index is 5.56. The summed E-state index contributed by atoms with van der Waals surface area (Å²) in [6, 6.07) is 0. The Balaban J connectivity index is 0. The fourth-order valence-corrected chi connectivity index (χ4v) is 0.643. The van der Waals surface area contributed by atoms with E-state index in [1.165, 1.54) is 0 Å². The van der Waals surface area contributed by atoms with Crippen molar-refractivity contribution in [2.75, 3.05) is 12.4 Å². The first kappa shape index (κ1) is 13.3. The molecule has 0 fully saturated rings. The summed E-state index contributed by atoms with van der Waals surface area (Å²) in [5.74, 6) is 0.482. The minimum absolute atomic E-state index is 0.482. The SMILES string of the molecule is C=C.CCN=C(Cl)/C=C\CCl. The summed E-state index contributed by atoms with van der Waals surface area (Å²) in [7, 11) is 0. The van der Waals surface area contributed by atoms with E-state index in [1.807, 2.05) is 6.92 Å². The van der Waals surface area contributed by atoms with Crippen molar-refractivity contribution in [1.29, 1.82) is 0 Å². The molecule has 0 saturated heterocycles. The standard InChI is InChI=1S/C6H9Cl2N.C2H4/c1-2-9-6(8)4-3-5-7;1-2/h3-4H,2,5H2,1H3;1-2H2/b4-3-,9-6?;. The van der Waals surface area contributed by atoms with Crippen molar-refractivity contribution >= 4 is 28.4 Å². The fourth-order valence-electron chi connectivity index (χ4n) is 0.346. The maximum Gasteiger partial charge on any atom is 0.123 e. The molecular weight excluding hydrogens is 181 g/mol. The average molecular weight is 194 g/mol. The lowest BCUT2D eigenvalue weighted by Crippen LogP contribution is -1.80. The monoisotopic (exact) mass is 193 g/mol. The summed E-state index contributed by atoms with van der Waals surface area (Å²) in [6.07, 6.45) is 3.45. The van der Waals surface area contributed by atoms with Gasteiger partial charge in [-0.1, -0.05) is 17.7 Å². The molecule has 0 unspecified atom stereocenters. The van der Waals surface area contributed by atoms with Crippen molar-refractivity contribution in [3.8, 4) is 0 Å². The highest BCUT2D eigenvalue weighted by Crippen LogP contribution is 1.89. The molecule has 0 aliphatic heterocycles. The molecule has 0 aromatic carbocycles. The van der Waals surface area contributed by atoms with Gasteiger partial charge in [0, 0.05) is 12.4 Å². The number of hydrogen-bond acceptors (Lipinski definition) is 1. The Labute approximate surface area is 78.4 Å². The summed E-state index contributed by atoms with van der Waals surface area (Å²) in [6.45, 7) is 8.64. The molecule has 0 heterocycles. The molecule has 0 aromatic heterocycles. The van der Waals surface area contributed by atoms with E-state index in [-0.39, 0.29) is 0 Å². The van der Waals surface area contributed by atoms with Gasteiger partial charge < -0.3 is 0 Å². The van der Waals surface area contributed by atoms with Gasteiger partial charge in [0.1, 0.15) is 5.17 Å². The van der Waals surface area contributed by atoms with Gasteiger partial charge in [-0.05, 0) is 13.0 Å². The topological polar surface area (TPSA) is 12.4 Å². The Morgan fingerprint density at radius 2 is 2.09 bits per heavy atom. The van der Waals surface area contributed by atoms with E-state index >= 15 is 0 Å². The molecule has 0 N–H and O–H groups in total. The molecular formula is C8H13Cl2N. The van der Waals surface area contributed by atoms with Gasteiger partial charge in [-0.2, -0.15) is 0 Å². The third-order valence-electron chi connectivity index (χ3n) is 0.654. The van der Waals surface area contributed by atoms with Crippen LogP contribution in [0.1, 0.15) is 6.92 Å². The molecule has 0 aromatic rings. The highest BCUT2D eigenvalue weighted by Gasteiger charge is 1.80. The van der Waals surface area contributed by atoms with Gasteiger partial charge in [0.2, 0.25) is 0 Å². The molecule has 0 bridgehead atoms. The Bertz CT molecular complexity index is 130. The molecule has 64 valence electrons. The summed E-state index contributed by atoms with van der Waals surface area (Å²) >= 11 is 10.9. The predicted octanol–water partition coefficient (Wildman–Crippen LogP) is 3.24. The van der Waals surface area contributed by atoms with Crippen molar-refractivity contribution < 1.29 is 0 Å². The first-order chi connectivity index (χ1) is 5.31. The van der Waals surface area contributed by atoms with Gasteiger partial charge >= 0.3 is 0 Å². The van der Waals surface area contributed by atoms with Crippen molar-refractivity contribution in [3.05, 3.63) is 25.3 Å². The minimum Gasteiger partial charge on any atom is -0.273 e. The Morgan fingerprint density at radius 3 is 2.45 bits per heavy atom. The van der Waals surface area contributed by atoms with Crippen molar-refractivity contribution in [2.45, 2.75) is 6.92 Å². The van der Waals surface area contributed by atoms with Crippen LogP contribution in [0.3, 0.4) is 0 Å². The van der Waals surface area contributed by atoms with Crippen LogP contribution in [0.5, 0.6) is 0 Å². The van der Waals surface area contributed by atoms with E-state index in [2.05, 4.69) is 18.2 Å². The zero-order chi connectivity index (χ0) is 9.11. The Kier molecular flexibility index (Phi) is 15.0. The molecule has 0 saturated carbocycles. The van der Waals surface area contributed by atoms with E-state index in [0.29, 0.717) is 17.6 Å². The molecule has 0 aliphatic carbocycles. The zero-order valence-corrected chi connectivity index (χ0v) is 8.20. The lowest BCUT2D eigenvalue weighted by atomic mass is 10.5. The molecule has 3 heteroatoms. The van der Waals surface area contributed by atoms with Gasteiger partial charge in [-0.3, -0.25) is 4.99 Å². The Morgan fingerprint density at radius 1 is 1.55 bits per heavy atom. The summed E-state index contributed by atoms with van der Waals surface area (Å²) in [5, 5.41) is 0.512. The molecule has 0 spiro atoms. The number of aliphatic imine (C=N–C) groups is 1. The summed E-state index contributed by atoms with van der Waals surface area (Å²) < 4.78 is 0. The third-order valence-corrected chi connectivity index (χ3v) is 1.08. The molecule has 0 amide bonds. The first-order valence-electron chi connectivity index (χ1n) is 3.23. The van der Waals surface area contributed by atoms with Crippen LogP contribution < -0.4 is 0 Å². The quantitative estimate of drug-likeness (QED) is 0.371. The second-order valence-corrected chi connectivity index (χ2v) is 2.05. The largest absolute Gasteiger partial charge is 0.273 e. The van der Waals surface area contributed by atoms with E-state index in [4.69, 9.17) is 23.2 Å². The summed E-state index contributed by atoms with van der Waals surface area (Å²) in [5.41, 5.74) is 0. The average Bonchev–Trinajstić information content (AvgIpc) is 2.05. The van der Waals surface area contributed by atoms with E-state index < -0.39 is 0 Å². The minimum atomic E-state index is 0.482. The molecule has 0 atom stereocenters. The van der Waals surface area contributed by atoms with Crippen LogP contribution in [0.15, 0.2) is 30.3 Å². The van der Waals surface area contributed by atoms with Crippen LogP contribution in [0.25, 0.3) is 0 Å². The van der Waals surface area contributed by atoms with Crippen LogP contribution >= 0.6 is 23.2 Å². The fraction of sp³-hybridized carbons (Fsp3) is 0.375. The number of alkyl halides is 1. The van der Waals surface area contributed by atoms with Crippen LogP contribution in [0.4, 0.5) is 0 Å². The second-order valence-electron chi connectivity index (χ2n) is 1.35. The highest BCUT2D eigenvalue weighted by molar-refractivity contribution is 6.68. The predicted molar refractivity (Wildman–Crippen MR) is 54.9 cm³/mol. The van der Waals surface area contributed by atoms with Crippen molar-refractivity contribution in [2.24, 2.45) is 4.99 Å². The van der Waals surface area contributed by atoms with Gasteiger partial charge in [-0.25, -0.2) is 0 Å². The molecule has 11 heavy (non-hydrogen) atoms. The molecule has 0 rings (SSSR count). The van der Waals surface area contributed by atoms with E-state index in [1.54, 1.807) is 12.2 Å².